The second kappa shape index (κ2) is 5.63. The second-order valence-electron chi connectivity index (χ2n) is 4.98. The molecule has 3 nitrogen and oxygen atoms in total. The Balaban J connectivity index is 1.81. The summed E-state index contributed by atoms with van der Waals surface area (Å²) in [6.07, 6.45) is 4.70. The first-order chi connectivity index (χ1) is 9.74. The first-order valence-corrected chi connectivity index (χ1v) is 7.12. The first-order valence-electron chi connectivity index (χ1n) is 6.74. The largest absolute Gasteiger partial charge is 0.345 e. The van der Waals surface area contributed by atoms with E-state index < -0.39 is 0 Å². The summed E-state index contributed by atoms with van der Waals surface area (Å²) in [6.45, 7) is 0. The van der Waals surface area contributed by atoms with E-state index in [0.717, 1.165) is 19.3 Å². The van der Waals surface area contributed by atoms with Gasteiger partial charge in [-0.15, -0.1) is 0 Å². The van der Waals surface area contributed by atoms with Crippen molar-refractivity contribution < 1.29 is 4.79 Å². The van der Waals surface area contributed by atoms with Crippen molar-refractivity contribution in [2.24, 2.45) is 0 Å². The van der Waals surface area contributed by atoms with Gasteiger partial charge >= 0.3 is 0 Å². The van der Waals surface area contributed by atoms with Gasteiger partial charge in [0.25, 0.3) is 5.91 Å². The van der Waals surface area contributed by atoms with Crippen molar-refractivity contribution in [2.75, 3.05) is 0 Å². The molecule has 102 valence electrons. The molecule has 0 saturated carbocycles. The Morgan fingerprint density at radius 3 is 3.00 bits per heavy atom. The van der Waals surface area contributed by atoms with Gasteiger partial charge in [0.05, 0.1) is 6.04 Å². The molecule has 1 aromatic heterocycles. The lowest BCUT2D eigenvalue weighted by atomic mass is 9.87. The summed E-state index contributed by atoms with van der Waals surface area (Å²) in [7, 11) is 0. The molecule has 1 aliphatic carbocycles. The minimum atomic E-state index is -0.101. The third kappa shape index (κ3) is 2.68. The van der Waals surface area contributed by atoms with Crippen LogP contribution in [0, 0.1) is 0 Å². The van der Waals surface area contributed by atoms with Crippen LogP contribution in [0.4, 0.5) is 0 Å². The third-order valence-electron chi connectivity index (χ3n) is 3.66. The van der Waals surface area contributed by atoms with Crippen LogP contribution in [-0.4, -0.2) is 10.9 Å². The molecule has 0 saturated heterocycles. The zero-order valence-electron chi connectivity index (χ0n) is 11.0. The molecule has 1 unspecified atom stereocenters. The molecular formula is C16H15ClN2O. The molecule has 1 amide bonds. The normalized spacial score (nSPS) is 17.4. The van der Waals surface area contributed by atoms with Crippen molar-refractivity contribution in [2.45, 2.75) is 25.3 Å². The summed E-state index contributed by atoms with van der Waals surface area (Å²) >= 11 is 5.82. The van der Waals surface area contributed by atoms with Gasteiger partial charge in [0.1, 0.15) is 5.15 Å². The van der Waals surface area contributed by atoms with E-state index in [9.17, 15) is 4.79 Å². The first kappa shape index (κ1) is 13.1. The van der Waals surface area contributed by atoms with E-state index in [0.29, 0.717) is 10.7 Å². The minimum Gasteiger partial charge on any atom is -0.345 e. The number of pyridine rings is 1. The Kier molecular flexibility index (Phi) is 3.70. The molecule has 1 heterocycles. The maximum atomic E-state index is 12.3. The third-order valence-corrected chi connectivity index (χ3v) is 3.87. The molecule has 1 aromatic carbocycles. The molecule has 2 aromatic rings. The number of nitrogens with zero attached hydrogens (tertiary/aromatic N) is 1. The highest BCUT2D eigenvalue weighted by Crippen LogP contribution is 2.29. The van der Waals surface area contributed by atoms with E-state index in [1.165, 1.54) is 11.1 Å². The molecule has 0 radical (unpaired) electrons. The topological polar surface area (TPSA) is 42.0 Å². The van der Waals surface area contributed by atoms with Crippen LogP contribution in [0.3, 0.4) is 0 Å². The average molecular weight is 287 g/mol. The highest BCUT2D eigenvalue weighted by molar-refractivity contribution is 6.29. The molecule has 0 spiro atoms. The van der Waals surface area contributed by atoms with Crippen LogP contribution in [0.15, 0.2) is 42.6 Å². The van der Waals surface area contributed by atoms with E-state index in [1.54, 1.807) is 18.3 Å². The fourth-order valence-electron chi connectivity index (χ4n) is 2.69. The maximum absolute atomic E-state index is 12.3. The number of aromatic nitrogens is 1. The lowest BCUT2D eigenvalue weighted by Gasteiger charge is -2.26. The summed E-state index contributed by atoms with van der Waals surface area (Å²) < 4.78 is 0. The van der Waals surface area contributed by atoms with Gasteiger partial charge < -0.3 is 5.32 Å². The van der Waals surface area contributed by atoms with Gasteiger partial charge in [-0.1, -0.05) is 35.9 Å². The summed E-state index contributed by atoms with van der Waals surface area (Å²) in [5, 5.41) is 3.43. The number of carbonyl (C=O) groups is 1. The molecule has 0 fully saturated rings. The number of hydrogen-bond donors (Lipinski definition) is 1. The molecular weight excluding hydrogens is 272 g/mol. The number of rotatable bonds is 2. The highest BCUT2D eigenvalue weighted by atomic mass is 35.5. The van der Waals surface area contributed by atoms with Crippen LogP contribution >= 0.6 is 11.6 Å². The van der Waals surface area contributed by atoms with Crippen molar-refractivity contribution >= 4 is 17.5 Å². The van der Waals surface area contributed by atoms with Gasteiger partial charge in [-0.3, -0.25) is 4.79 Å². The van der Waals surface area contributed by atoms with Crippen molar-refractivity contribution in [3.63, 3.8) is 0 Å². The molecule has 0 aliphatic heterocycles. The zero-order chi connectivity index (χ0) is 13.9. The molecule has 3 rings (SSSR count). The lowest BCUT2D eigenvalue weighted by Crippen LogP contribution is -2.31. The number of nitrogens with one attached hydrogen (secondary N) is 1. The Hall–Kier alpha value is -1.87. The van der Waals surface area contributed by atoms with E-state index in [-0.39, 0.29) is 11.9 Å². The van der Waals surface area contributed by atoms with E-state index in [1.807, 2.05) is 12.1 Å². The molecule has 0 bridgehead atoms. The van der Waals surface area contributed by atoms with Crippen molar-refractivity contribution in [3.8, 4) is 0 Å². The molecule has 20 heavy (non-hydrogen) atoms. The summed E-state index contributed by atoms with van der Waals surface area (Å²) in [5.41, 5.74) is 3.11. The number of fused-ring (bicyclic) bond motifs is 1. The van der Waals surface area contributed by atoms with Gasteiger partial charge in [0, 0.05) is 11.8 Å². The predicted molar refractivity (Wildman–Crippen MR) is 78.8 cm³/mol. The smallest absolute Gasteiger partial charge is 0.251 e. The number of benzene rings is 1. The van der Waals surface area contributed by atoms with Gasteiger partial charge in [-0.05, 0) is 42.5 Å². The van der Waals surface area contributed by atoms with E-state index in [2.05, 4.69) is 22.4 Å². The Labute approximate surface area is 123 Å². The summed E-state index contributed by atoms with van der Waals surface area (Å²) in [4.78, 5) is 16.2. The van der Waals surface area contributed by atoms with Crippen LogP contribution in [0.1, 0.15) is 40.4 Å². The average Bonchev–Trinajstić information content (AvgIpc) is 2.47. The zero-order valence-corrected chi connectivity index (χ0v) is 11.7. The quantitative estimate of drug-likeness (QED) is 0.858. The van der Waals surface area contributed by atoms with Gasteiger partial charge in [-0.2, -0.15) is 0 Å². The van der Waals surface area contributed by atoms with Crippen LogP contribution in [0.2, 0.25) is 5.15 Å². The van der Waals surface area contributed by atoms with Crippen molar-refractivity contribution in [1.29, 1.82) is 0 Å². The van der Waals surface area contributed by atoms with Crippen molar-refractivity contribution in [1.82, 2.24) is 10.3 Å². The summed E-state index contributed by atoms with van der Waals surface area (Å²) in [6, 6.07) is 11.6. The Morgan fingerprint density at radius 2 is 2.15 bits per heavy atom. The fourth-order valence-corrected chi connectivity index (χ4v) is 2.86. The molecule has 1 aliphatic rings. The molecule has 1 atom stereocenters. The predicted octanol–water partition coefficient (Wildman–Crippen LogP) is 3.54. The lowest BCUT2D eigenvalue weighted by molar-refractivity contribution is 0.0932. The number of halogens is 1. The van der Waals surface area contributed by atoms with Crippen LogP contribution < -0.4 is 5.32 Å². The van der Waals surface area contributed by atoms with E-state index in [4.69, 9.17) is 11.6 Å². The van der Waals surface area contributed by atoms with Gasteiger partial charge in [0.15, 0.2) is 0 Å². The standard InChI is InChI=1S/C16H15ClN2O/c17-15-10-12(8-9-18-15)16(20)19-14-7-3-5-11-4-1-2-6-13(11)14/h1-2,4,6,8-10,14H,3,5,7H2,(H,19,20). The number of carbonyl (C=O) groups excluding carboxylic acids is 1. The van der Waals surface area contributed by atoms with E-state index >= 15 is 0 Å². The monoisotopic (exact) mass is 286 g/mol. The number of hydrogen-bond acceptors (Lipinski definition) is 2. The summed E-state index contributed by atoms with van der Waals surface area (Å²) in [5.74, 6) is -0.101. The maximum Gasteiger partial charge on any atom is 0.251 e. The minimum absolute atomic E-state index is 0.0828. The SMILES string of the molecule is O=C(NC1CCCc2ccccc21)c1ccnc(Cl)c1. The molecule has 1 N–H and O–H groups in total. The molecule has 4 heteroatoms. The Bertz CT molecular complexity index is 642. The van der Waals surface area contributed by atoms with Crippen LogP contribution in [-0.2, 0) is 6.42 Å². The van der Waals surface area contributed by atoms with Crippen LogP contribution in [0.5, 0.6) is 0 Å². The number of amides is 1. The second-order valence-corrected chi connectivity index (χ2v) is 5.37. The van der Waals surface area contributed by atoms with Gasteiger partial charge in [0.2, 0.25) is 0 Å². The van der Waals surface area contributed by atoms with Gasteiger partial charge in [-0.25, -0.2) is 4.98 Å². The fraction of sp³-hybridized carbons (Fsp3) is 0.250. The Morgan fingerprint density at radius 1 is 1.30 bits per heavy atom. The van der Waals surface area contributed by atoms with Crippen LogP contribution in [0.25, 0.3) is 0 Å². The van der Waals surface area contributed by atoms with Crippen molar-refractivity contribution in [3.05, 3.63) is 64.4 Å². The number of aryl methyl sites for hydroxylation is 1. The highest BCUT2D eigenvalue weighted by Gasteiger charge is 2.21.